The lowest BCUT2D eigenvalue weighted by Gasteiger charge is -2.34. The van der Waals surface area contributed by atoms with Gasteiger partial charge in [-0.05, 0) is 36.1 Å². The summed E-state index contributed by atoms with van der Waals surface area (Å²) >= 11 is 6.03. The zero-order valence-electron chi connectivity index (χ0n) is 11.6. The van der Waals surface area contributed by atoms with Crippen molar-refractivity contribution in [1.82, 2.24) is 10.2 Å². The van der Waals surface area contributed by atoms with Crippen LogP contribution >= 0.6 is 11.6 Å². The average molecular weight is 295 g/mol. The van der Waals surface area contributed by atoms with Crippen LogP contribution in [0, 0.1) is 0 Å². The summed E-state index contributed by atoms with van der Waals surface area (Å²) in [5.74, 6) is -0.0303. The Morgan fingerprint density at radius 1 is 1.50 bits per heavy atom. The van der Waals surface area contributed by atoms with Crippen LogP contribution in [0.25, 0.3) is 0 Å². The highest BCUT2D eigenvalue weighted by atomic mass is 35.5. The van der Waals surface area contributed by atoms with E-state index in [0.29, 0.717) is 19.4 Å². The Bertz CT molecular complexity index is 505. The number of fused-ring (bicyclic) bond motifs is 1. The van der Waals surface area contributed by atoms with E-state index in [1.807, 2.05) is 12.1 Å². The van der Waals surface area contributed by atoms with E-state index in [0.717, 1.165) is 24.3 Å². The van der Waals surface area contributed by atoms with Gasteiger partial charge in [0.15, 0.2) is 0 Å². The van der Waals surface area contributed by atoms with Crippen molar-refractivity contribution in [3.63, 3.8) is 0 Å². The van der Waals surface area contributed by atoms with Crippen LogP contribution in [0.4, 0.5) is 0 Å². The number of carbonyl (C=O) groups excluding carboxylic acids is 2. The SMILES string of the molecule is CNC(=O)C(CCC=O)N1CCc2ccc(Cl)cc2C1. The van der Waals surface area contributed by atoms with E-state index in [4.69, 9.17) is 11.6 Å². The van der Waals surface area contributed by atoms with Gasteiger partial charge in [0.1, 0.15) is 6.29 Å². The first-order chi connectivity index (χ1) is 9.65. The van der Waals surface area contributed by atoms with Crippen molar-refractivity contribution in [1.29, 1.82) is 0 Å². The number of nitrogens with zero attached hydrogens (tertiary/aromatic N) is 1. The highest BCUT2D eigenvalue weighted by Crippen LogP contribution is 2.24. The third-order valence-corrected chi connectivity index (χ3v) is 3.99. The summed E-state index contributed by atoms with van der Waals surface area (Å²) in [6, 6.07) is 5.66. The molecule has 1 aliphatic rings. The minimum absolute atomic E-state index is 0.0303. The molecule has 0 saturated heterocycles. The second kappa shape index (κ2) is 6.86. The molecule has 0 spiro atoms. The third kappa shape index (κ3) is 3.38. The maximum atomic E-state index is 12.0. The maximum Gasteiger partial charge on any atom is 0.237 e. The van der Waals surface area contributed by atoms with Crippen LogP contribution < -0.4 is 5.32 Å². The van der Waals surface area contributed by atoms with Gasteiger partial charge in [0.2, 0.25) is 5.91 Å². The summed E-state index contributed by atoms with van der Waals surface area (Å²) in [4.78, 5) is 24.7. The molecule has 0 bridgehead atoms. The van der Waals surface area contributed by atoms with Crippen molar-refractivity contribution >= 4 is 23.8 Å². The Balaban J connectivity index is 2.15. The minimum atomic E-state index is -0.252. The molecule has 0 fully saturated rings. The number of amides is 1. The Morgan fingerprint density at radius 2 is 2.30 bits per heavy atom. The standard InChI is InChI=1S/C15H19ClN2O2/c1-17-15(20)14(3-2-8-19)18-7-6-11-4-5-13(16)9-12(11)10-18/h4-5,8-9,14H,2-3,6-7,10H2,1H3,(H,17,20). The molecular formula is C15H19ClN2O2. The van der Waals surface area contributed by atoms with Crippen molar-refractivity contribution in [2.45, 2.75) is 31.8 Å². The van der Waals surface area contributed by atoms with E-state index in [2.05, 4.69) is 16.3 Å². The van der Waals surface area contributed by atoms with E-state index in [1.54, 1.807) is 7.05 Å². The van der Waals surface area contributed by atoms with E-state index < -0.39 is 0 Å². The molecule has 1 aromatic rings. The molecule has 1 N–H and O–H groups in total. The quantitative estimate of drug-likeness (QED) is 0.843. The minimum Gasteiger partial charge on any atom is -0.358 e. The van der Waals surface area contributed by atoms with Gasteiger partial charge in [0, 0.05) is 31.6 Å². The van der Waals surface area contributed by atoms with Crippen LogP contribution in [-0.2, 0) is 22.6 Å². The fourth-order valence-corrected chi connectivity index (χ4v) is 2.88. The average Bonchev–Trinajstić information content (AvgIpc) is 2.46. The zero-order valence-corrected chi connectivity index (χ0v) is 12.3. The first-order valence-electron chi connectivity index (χ1n) is 6.82. The molecule has 1 heterocycles. The normalized spacial score (nSPS) is 16.3. The molecular weight excluding hydrogens is 276 g/mol. The number of hydrogen-bond donors (Lipinski definition) is 1. The molecule has 1 amide bonds. The van der Waals surface area contributed by atoms with Gasteiger partial charge >= 0.3 is 0 Å². The Morgan fingerprint density at radius 3 is 3.00 bits per heavy atom. The third-order valence-electron chi connectivity index (χ3n) is 3.76. The summed E-state index contributed by atoms with van der Waals surface area (Å²) in [6.07, 6.45) is 2.72. The van der Waals surface area contributed by atoms with Gasteiger partial charge in [0.05, 0.1) is 6.04 Å². The first kappa shape index (κ1) is 15.0. The van der Waals surface area contributed by atoms with E-state index >= 15 is 0 Å². The Hall–Kier alpha value is -1.39. The van der Waals surface area contributed by atoms with E-state index in [1.165, 1.54) is 11.1 Å². The number of aldehydes is 1. The van der Waals surface area contributed by atoms with E-state index in [9.17, 15) is 9.59 Å². The molecule has 4 nitrogen and oxygen atoms in total. The van der Waals surface area contributed by atoms with Crippen molar-refractivity contribution in [3.05, 3.63) is 34.3 Å². The molecule has 20 heavy (non-hydrogen) atoms. The second-order valence-electron chi connectivity index (χ2n) is 5.01. The number of carbonyl (C=O) groups is 2. The van der Waals surface area contributed by atoms with Crippen LogP contribution in [0.15, 0.2) is 18.2 Å². The first-order valence-corrected chi connectivity index (χ1v) is 7.20. The van der Waals surface area contributed by atoms with Gasteiger partial charge in [0.25, 0.3) is 0 Å². The molecule has 1 aliphatic heterocycles. The maximum absolute atomic E-state index is 12.0. The van der Waals surface area contributed by atoms with Gasteiger partial charge in [-0.1, -0.05) is 17.7 Å². The van der Waals surface area contributed by atoms with Gasteiger partial charge in [-0.3, -0.25) is 9.69 Å². The summed E-state index contributed by atoms with van der Waals surface area (Å²) < 4.78 is 0. The molecule has 1 aromatic carbocycles. The molecule has 0 aromatic heterocycles. The highest BCUT2D eigenvalue weighted by Gasteiger charge is 2.27. The van der Waals surface area contributed by atoms with Crippen molar-refractivity contribution in [2.24, 2.45) is 0 Å². The molecule has 108 valence electrons. The van der Waals surface area contributed by atoms with Crippen molar-refractivity contribution in [3.8, 4) is 0 Å². The van der Waals surface area contributed by atoms with Gasteiger partial charge in [-0.2, -0.15) is 0 Å². The topological polar surface area (TPSA) is 49.4 Å². The predicted octanol–water partition coefficient (Wildman–Crippen LogP) is 1.79. The molecule has 5 heteroatoms. The number of likely N-dealkylation sites (N-methyl/N-ethyl adjacent to an activating group) is 1. The Kier molecular flexibility index (Phi) is 5.15. The lowest BCUT2D eigenvalue weighted by molar-refractivity contribution is -0.126. The van der Waals surface area contributed by atoms with Crippen LogP contribution in [0.5, 0.6) is 0 Å². The Labute approximate surface area is 124 Å². The predicted molar refractivity (Wildman–Crippen MR) is 78.7 cm³/mol. The highest BCUT2D eigenvalue weighted by molar-refractivity contribution is 6.30. The smallest absolute Gasteiger partial charge is 0.237 e. The van der Waals surface area contributed by atoms with Crippen LogP contribution in [-0.4, -0.2) is 36.7 Å². The van der Waals surface area contributed by atoms with Crippen molar-refractivity contribution in [2.75, 3.05) is 13.6 Å². The molecule has 0 radical (unpaired) electrons. The van der Waals surface area contributed by atoms with Gasteiger partial charge < -0.3 is 10.1 Å². The summed E-state index contributed by atoms with van der Waals surface area (Å²) in [5, 5.41) is 3.40. The number of nitrogens with one attached hydrogen (secondary N) is 1. The van der Waals surface area contributed by atoms with Crippen LogP contribution in [0.1, 0.15) is 24.0 Å². The van der Waals surface area contributed by atoms with Gasteiger partial charge in [-0.15, -0.1) is 0 Å². The lowest BCUT2D eigenvalue weighted by atomic mass is 9.97. The van der Waals surface area contributed by atoms with E-state index in [-0.39, 0.29) is 11.9 Å². The fraction of sp³-hybridized carbons (Fsp3) is 0.467. The number of halogens is 1. The summed E-state index contributed by atoms with van der Waals surface area (Å²) in [6.45, 7) is 1.53. The van der Waals surface area contributed by atoms with Crippen LogP contribution in [0.3, 0.4) is 0 Å². The summed E-state index contributed by atoms with van der Waals surface area (Å²) in [7, 11) is 1.63. The largest absolute Gasteiger partial charge is 0.358 e. The zero-order chi connectivity index (χ0) is 14.5. The monoisotopic (exact) mass is 294 g/mol. The number of hydrogen-bond acceptors (Lipinski definition) is 3. The summed E-state index contributed by atoms with van der Waals surface area (Å²) in [5.41, 5.74) is 2.46. The number of rotatable bonds is 5. The van der Waals surface area contributed by atoms with Crippen LogP contribution in [0.2, 0.25) is 5.02 Å². The number of benzene rings is 1. The molecule has 2 rings (SSSR count). The fourth-order valence-electron chi connectivity index (χ4n) is 2.69. The van der Waals surface area contributed by atoms with Gasteiger partial charge in [-0.25, -0.2) is 0 Å². The second-order valence-corrected chi connectivity index (χ2v) is 5.44. The van der Waals surface area contributed by atoms with Crippen molar-refractivity contribution < 1.29 is 9.59 Å². The lowest BCUT2D eigenvalue weighted by Crippen LogP contribution is -2.47. The molecule has 1 unspecified atom stereocenters. The molecule has 0 saturated carbocycles. The molecule has 1 atom stereocenters. The molecule has 0 aliphatic carbocycles.